The Morgan fingerprint density at radius 2 is 2.09 bits per heavy atom. The third kappa shape index (κ3) is 2.19. The number of primary amides is 1. The highest BCUT2D eigenvalue weighted by atomic mass is 79.9. The van der Waals surface area contributed by atoms with Crippen LogP contribution in [0.1, 0.15) is 25.7 Å². The van der Waals surface area contributed by atoms with E-state index in [-0.39, 0.29) is 11.8 Å². The third-order valence-electron chi connectivity index (χ3n) is 2.47. The lowest BCUT2D eigenvalue weighted by Gasteiger charge is -2.27. The molecule has 2 nitrogen and oxygen atoms in total. The predicted molar refractivity (Wildman–Crippen MR) is 48.4 cm³/mol. The average molecular weight is 220 g/mol. The zero-order chi connectivity index (χ0) is 8.27. The Hall–Kier alpha value is -0.0500. The van der Waals surface area contributed by atoms with E-state index < -0.39 is 0 Å². The zero-order valence-corrected chi connectivity index (χ0v) is 8.14. The fraction of sp³-hybridized carbons (Fsp3) is 0.875. The van der Waals surface area contributed by atoms with Gasteiger partial charge in [-0.1, -0.05) is 28.8 Å². The minimum absolute atomic E-state index is 0.117. The van der Waals surface area contributed by atoms with Gasteiger partial charge in [0.15, 0.2) is 0 Å². The topological polar surface area (TPSA) is 43.1 Å². The summed E-state index contributed by atoms with van der Waals surface area (Å²) >= 11 is 3.41. The second-order valence-corrected chi connectivity index (χ2v) is 3.86. The van der Waals surface area contributed by atoms with Crippen LogP contribution in [0.4, 0.5) is 0 Å². The molecule has 0 aromatic heterocycles. The maximum atomic E-state index is 10.9. The molecule has 64 valence electrons. The van der Waals surface area contributed by atoms with Gasteiger partial charge in [0, 0.05) is 11.2 Å². The molecular formula is C8H14BrNO. The molecule has 0 aliphatic heterocycles. The largest absolute Gasteiger partial charge is 0.369 e. The van der Waals surface area contributed by atoms with Gasteiger partial charge in [-0.3, -0.25) is 4.79 Å². The Labute approximate surface area is 75.7 Å². The number of halogens is 1. The van der Waals surface area contributed by atoms with E-state index in [9.17, 15) is 4.79 Å². The van der Waals surface area contributed by atoms with E-state index in [1.165, 1.54) is 6.42 Å². The van der Waals surface area contributed by atoms with Crippen molar-refractivity contribution >= 4 is 21.8 Å². The number of rotatable bonds is 2. The Morgan fingerprint density at radius 1 is 1.45 bits per heavy atom. The van der Waals surface area contributed by atoms with Crippen LogP contribution in [0.3, 0.4) is 0 Å². The van der Waals surface area contributed by atoms with Gasteiger partial charge >= 0.3 is 0 Å². The monoisotopic (exact) mass is 219 g/mol. The van der Waals surface area contributed by atoms with E-state index in [4.69, 9.17) is 5.73 Å². The van der Waals surface area contributed by atoms with Crippen LogP contribution in [0.5, 0.6) is 0 Å². The van der Waals surface area contributed by atoms with Gasteiger partial charge in [-0.25, -0.2) is 0 Å². The Bertz CT molecular complexity index is 149. The van der Waals surface area contributed by atoms with Crippen LogP contribution < -0.4 is 5.73 Å². The molecule has 0 spiro atoms. The third-order valence-corrected chi connectivity index (χ3v) is 3.30. The van der Waals surface area contributed by atoms with E-state index in [0.717, 1.165) is 24.6 Å². The Kier molecular flexibility index (Phi) is 3.37. The van der Waals surface area contributed by atoms with Crippen molar-refractivity contribution in [1.29, 1.82) is 0 Å². The zero-order valence-electron chi connectivity index (χ0n) is 6.55. The SMILES string of the molecule is NC(=O)C1CCCCC1CBr. The number of hydrogen-bond acceptors (Lipinski definition) is 1. The normalized spacial score (nSPS) is 31.7. The summed E-state index contributed by atoms with van der Waals surface area (Å²) in [6.07, 6.45) is 4.56. The van der Waals surface area contributed by atoms with E-state index in [1.807, 2.05) is 0 Å². The molecule has 3 heteroatoms. The van der Waals surface area contributed by atoms with Crippen molar-refractivity contribution in [3.63, 3.8) is 0 Å². The summed E-state index contributed by atoms with van der Waals surface area (Å²) in [5.41, 5.74) is 5.27. The molecule has 1 aliphatic carbocycles. The summed E-state index contributed by atoms with van der Waals surface area (Å²) in [5, 5.41) is 0.917. The molecule has 0 aromatic carbocycles. The van der Waals surface area contributed by atoms with E-state index in [2.05, 4.69) is 15.9 Å². The minimum Gasteiger partial charge on any atom is -0.369 e. The molecule has 1 rings (SSSR count). The van der Waals surface area contributed by atoms with E-state index in [1.54, 1.807) is 0 Å². The first kappa shape index (κ1) is 9.04. The molecule has 2 N–H and O–H groups in total. The smallest absolute Gasteiger partial charge is 0.220 e. The molecule has 2 unspecified atom stereocenters. The molecule has 1 saturated carbocycles. The summed E-state index contributed by atoms with van der Waals surface area (Å²) < 4.78 is 0. The number of hydrogen-bond donors (Lipinski definition) is 1. The number of carbonyl (C=O) groups is 1. The van der Waals surface area contributed by atoms with Gasteiger partial charge in [-0.05, 0) is 18.8 Å². The first-order valence-electron chi connectivity index (χ1n) is 4.11. The van der Waals surface area contributed by atoms with Gasteiger partial charge in [0.05, 0.1) is 0 Å². The van der Waals surface area contributed by atoms with E-state index >= 15 is 0 Å². The lowest BCUT2D eigenvalue weighted by atomic mass is 9.80. The summed E-state index contributed by atoms with van der Waals surface area (Å²) in [4.78, 5) is 10.9. The molecule has 11 heavy (non-hydrogen) atoms. The molecule has 1 amide bonds. The van der Waals surface area contributed by atoms with Gasteiger partial charge in [0.25, 0.3) is 0 Å². The minimum atomic E-state index is -0.117. The fourth-order valence-electron chi connectivity index (χ4n) is 1.77. The van der Waals surface area contributed by atoms with Crippen LogP contribution in [-0.2, 0) is 4.79 Å². The van der Waals surface area contributed by atoms with Crippen molar-refractivity contribution in [2.45, 2.75) is 25.7 Å². The van der Waals surface area contributed by atoms with Crippen LogP contribution in [0, 0.1) is 11.8 Å². The molecule has 1 aliphatic rings. The van der Waals surface area contributed by atoms with Gasteiger partial charge in [0.2, 0.25) is 5.91 Å². The lowest BCUT2D eigenvalue weighted by Crippen LogP contribution is -2.33. The number of nitrogens with two attached hydrogens (primary N) is 1. The molecule has 0 bridgehead atoms. The lowest BCUT2D eigenvalue weighted by molar-refractivity contribution is -0.124. The van der Waals surface area contributed by atoms with Crippen LogP contribution in [-0.4, -0.2) is 11.2 Å². The standard InChI is InChI=1S/C8H14BrNO/c9-5-6-3-1-2-4-7(6)8(10)11/h6-7H,1-5H2,(H2,10,11). The molecule has 0 heterocycles. The van der Waals surface area contributed by atoms with Crippen molar-refractivity contribution in [2.75, 3.05) is 5.33 Å². The predicted octanol–water partition coefficient (Wildman–Crippen LogP) is 1.67. The van der Waals surface area contributed by atoms with Gasteiger partial charge in [-0.2, -0.15) is 0 Å². The molecule has 0 radical (unpaired) electrons. The highest BCUT2D eigenvalue weighted by Crippen LogP contribution is 2.30. The van der Waals surface area contributed by atoms with Crippen LogP contribution >= 0.6 is 15.9 Å². The first-order valence-corrected chi connectivity index (χ1v) is 5.23. The summed E-state index contributed by atoms with van der Waals surface area (Å²) in [5.74, 6) is 0.499. The highest BCUT2D eigenvalue weighted by molar-refractivity contribution is 9.09. The maximum Gasteiger partial charge on any atom is 0.220 e. The van der Waals surface area contributed by atoms with Crippen molar-refractivity contribution in [1.82, 2.24) is 0 Å². The molecule has 2 atom stereocenters. The Morgan fingerprint density at radius 3 is 2.55 bits per heavy atom. The first-order chi connectivity index (χ1) is 5.25. The van der Waals surface area contributed by atoms with Gasteiger partial charge in [-0.15, -0.1) is 0 Å². The summed E-state index contributed by atoms with van der Waals surface area (Å²) in [6, 6.07) is 0. The van der Waals surface area contributed by atoms with Gasteiger partial charge < -0.3 is 5.73 Å². The van der Waals surface area contributed by atoms with Crippen molar-refractivity contribution in [3.8, 4) is 0 Å². The second kappa shape index (κ2) is 4.10. The van der Waals surface area contributed by atoms with Crippen LogP contribution in [0.2, 0.25) is 0 Å². The summed E-state index contributed by atoms with van der Waals surface area (Å²) in [6.45, 7) is 0. The quantitative estimate of drug-likeness (QED) is 0.706. The van der Waals surface area contributed by atoms with E-state index in [0.29, 0.717) is 5.92 Å². The number of carbonyl (C=O) groups excluding carboxylic acids is 1. The fourth-order valence-corrected chi connectivity index (χ4v) is 2.54. The van der Waals surface area contributed by atoms with Crippen molar-refractivity contribution in [2.24, 2.45) is 17.6 Å². The maximum absolute atomic E-state index is 10.9. The Balaban J connectivity index is 2.51. The molecule has 0 aromatic rings. The van der Waals surface area contributed by atoms with Crippen molar-refractivity contribution < 1.29 is 4.79 Å². The van der Waals surface area contributed by atoms with Gasteiger partial charge in [0.1, 0.15) is 0 Å². The summed E-state index contributed by atoms with van der Waals surface area (Å²) in [7, 11) is 0. The average Bonchev–Trinajstić information content (AvgIpc) is 2.04. The molecule has 0 saturated heterocycles. The van der Waals surface area contributed by atoms with Crippen LogP contribution in [0.25, 0.3) is 0 Å². The molecule has 1 fully saturated rings. The van der Waals surface area contributed by atoms with Crippen LogP contribution in [0.15, 0.2) is 0 Å². The number of alkyl halides is 1. The highest BCUT2D eigenvalue weighted by Gasteiger charge is 2.27. The second-order valence-electron chi connectivity index (χ2n) is 3.21. The van der Waals surface area contributed by atoms with Crippen molar-refractivity contribution in [3.05, 3.63) is 0 Å². The molecular weight excluding hydrogens is 206 g/mol. The number of amides is 1.